The number of anilines is 1. The van der Waals surface area contributed by atoms with E-state index in [2.05, 4.69) is 5.32 Å². The Morgan fingerprint density at radius 3 is 2.33 bits per heavy atom. The molecule has 0 aliphatic carbocycles. The van der Waals surface area contributed by atoms with Crippen molar-refractivity contribution in [3.63, 3.8) is 0 Å². The van der Waals surface area contributed by atoms with Gasteiger partial charge in [-0.25, -0.2) is 13.6 Å². The van der Waals surface area contributed by atoms with Crippen LogP contribution in [0, 0.1) is 11.6 Å². The van der Waals surface area contributed by atoms with Crippen molar-refractivity contribution in [3.8, 4) is 0 Å². The zero-order chi connectivity index (χ0) is 17.9. The van der Waals surface area contributed by atoms with Gasteiger partial charge in [-0.1, -0.05) is 23.2 Å². The number of hydrogen-bond acceptors (Lipinski definition) is 3. The van der Waals surface area contributed by atoms with Gasteiger partial charge in [0.15, 0.2) is 6.10 Å². The molecule has 126 valence electrons. The number of carbonyl (C=O) groups excluding carboxylic acids is 2. The number of esters is 1. The Kier molecular flexibility index (Phi) is 5.75. The van der Waals surface area contributed by atoms with Gasteiger partial charge >= 0.3 is 5.97 Å². The van der Waals surface area contributed by atoms with E-state index in [0.29, 0.717) is 0 Å². The van der Waals surface area contributed by atoms with Gasteiger partial charge < -0.3 is 10.1 Å². The molecular weight excluding hydrogens is 363 g/mol. The van der Waals surface area contributed by atoms with Gasteiger partial charge in [-0.3, -0.25) is 4.79 Å². The van der Waals surface area contributed by atoms with Crippen molar-refractivity contribution in [2.45, 2.75) is 13.0 Å². The van der Waals surface area contributed by atoms with Gasteiger partial charge in [0.05, 0.1) is 11.3 Å². The highest BCUT2D eigenvalue weighted by Gasteiger charge is 2.20. The number of hydrogen-bond donors (Lipinski definition) is 1. The number of halogens is 4. The van der Waals surface area contributed by atoms with Crippen LogP contribution in [0.15, 0.2) is 36.4 Å². The molecule has 0 saturated carbocycles. The van der Waals surface area contributed by atoms with E-state index in [9.17, 15) is 18.4 Å². The predicted octanol–water partition coefficient (Wildman–Crippen LogP) is 4.46. The van der Waals surface area contributed by atoms with Gasteiger partial charge in [0.25, 0.3) is 5.91 Å². The first-order chi connectivity index (χ1) is 11.3. The van der Waals surface area contributed by atoms with E-state index in [1.807, 2.05) is 0 Å². The van der Waals surface area contributed by atoms with Gasteiger partial charge in [-0.05, 0) is 37.3 Å². The second-order valence-electron chi connectivity index (χ2n) is 4.82. The molecule has 0 heterocycles. The van der Waals surface area contributed by atoms with Crippen LogP contribution >= 0.6 is 23.2 Å². The summed E-state index contributed by atoms with van der Waals surface area (Å²) in [6.45, 7) is 1.29. The molecule has 0 fully saturated rings. The van der Waals surface area contributed by atoms with Crippen molar-refractivity contribution in [1.82, 2.24) is 0 Å². The van der Waals surface area contributed by atoms with Crippen molar-refractivity contribution >= 4 is 40.8 Å². The van der Waals surface area contributed by atoms with Crippen LogP contribution < -0.4 is 5.32 Å². The molecule has 0 radical (unpaired) electrons. The minimum absolute atomic E-state index is 0.0593. The number of carbonyl (C=O) groups is 2. The average molecular weight is 374 g/mol. The minimum Gasteiger partial charge on any atom is -0.449 e. The number of rotatable bonds is 4. The van der Waals surface area contributed by atoms with Crippen LogP contribution in [-0.4, -0.2) is 18.0 Å². The second-order valence-corrected chi connectivity index (χ2v) is 5.69. The van der Waals surface area contributed by atoms with E-state index in [-0.39, 0.29) is 21.3 Å². The van der Waals surface area contributed by atoms with Crippen LogP contribution in [-0.2, 0) is 9.53 Å². The maximum Gasteiger partial charge on any atom is 0.339 e. The third kappa shape index (κ3) is 4.66. The predicted molar refractivity (Wildman–Crippen MR) is 86.3 cm³/mol. The maximum atomic E-state index is 13.5. The Labute approximate surface area is 146 Å². The number of amides is 1. The molecular formula is C16H11Cl2F2NO3. The number of benzene rings is 2. The largest absolute Gasteiger partial charge is 0.449 e. The fourth-order valence-corrected chi connectivity index (χ4v) is 2.31. The van der Waals surface area contributed by atoms with Crippen LogP contribution in [0.2, 0.25) is 10.0 Å². The normalized spacial score (nSPS) is 11.7. The molecule has 8 heteroatoms. The SMILES string of the molecule is CC(OC(=O)c1cc(Cl)cc(Cl)c1)C(=O)Nc1cc(F)ccc1F. The fourth-order valence-electron chi connectivity index (χ4n) is 1.78. The van der Waals surface area contributed by atoms with Crippen molar-refractivity contribution in [1.29, 1.82) is 0 Å². The summed E-state index contributed by atoms with van der Waals surface area (Å²) in [5, 5.41) is 2.61. The van der Waals surface area contributed by atoms with Crippen molar-refractivity contribution in [3.05, 3.63) is 63.6 Å². The standard InChI is InChI=1S/C16H11Cl2F2NO3/c1-8(15(22)21-14-7-12(19)2-3-13(14)20)24-16(23)9-4-10(17)6-11(18)5-9/h2-8H,1H3,(H,21,22). The smallest absolute Gasteiger partial charge is 0.339 e. The lowest BCUT2D eigenvalue weighted by atomic mass is 10.2. The summed E-state index contributed by atoms with van der Waals surface area (Å²) < 4.78 is 31.5. The second kappa shape index (κ2) is 7.59. The Morgan fingerprint density at radius 2 is 1.71 bits per heavy atom. The Balaban J connectivity index is 2.05. The number of ether oxygens (including phenoxy) is 1. The van der Waals surface area contributed by atoms with E-state index < -0.39 is 29.6 Å². The molecule has 0 aliphatic heterocycles. The molecule has 4 nitrogen and oxygen atoms in total. The molecule has 0 aliphatic rings. The lowest BCUT2D eigenvalue weighted by molar-refractivity contribution is -0.123. The molecule has 0 bridgehead atoms. The van der Waals surface area contributed by atoms with Crippen LogP contribution in [0.4, 0.5) is 14.5 Å². The molecule has 1 amide bonds. The summed E-state index contributed by atoms with van der Waals surface area (Å²) >= 11 is 11.6. The topological polar surface area (TPSA) is 55.4 Å². The Bertz CT molecular complexity index is 779. The average Bonchev–Trinajstić information content (AvgIpc) is 2.49. The van der Waals surface area contributed by atoms with Gasteiger partial charge in [0, 0.05) is 16.1 Å². The highest BCUT2D eigenvalue weighted by atomic mass is 35.5. The zero-order valence-corrected chi connectivity index (χ0v) is 13.8. The molecule has 0 spiro atoms. The summed E-state index contributed by atoms with van der Waals surface area (Å²) in [5.74, 6) is -3.18. The molecule has 1 atom stereocenters. The summed E-state index contributed by atoms with van der Waals surface area (Å²) in [5.41, 5.74) is -0.294. The molecule has 1 unspecified atom stereocenters. The third-order valence-electron chi connectivity index (χ3n) is 2.94. The minimum atomic E-state index is -1.25. The highest BCUT2D eigenvalue weighted by molar-refractivity contribution is 6.35. The van der Waals surface area contributed by atoms with E-state index in [1.165, 1.54) is 25.1 Å². The van der Waals surface area contributed by atoms with Crippen molar-refractivity contribution in [2.75, 3.05) is 5.32 Å². The van der Waals surface area contributed by atoms with Crippen LogP contribution in [0.25, 0.3) is 0 Å². The Morgan fingerprint density at radius 1 is 1.08 bits per heavy atom. The molecule has 0 aromatic heterocycles. The summed E-state index contributed by atoms with van der Waals surface area (Å²) in [4.78, 5) is 23.9. The first kappa shape index (κ1) is 18.2. The quantitative estimate of drug-likeness (QED) is 0.805. The van der Waals surface area contributed by atoms with E-state index >= 15 is 0 Å². The molecule has 2 rings (SSSR count). The van der Waals surface area contributed by atoms with Gasteiger partial charge in [0.2, 0.25) is 0 Å². The Hall–Kier alpha value is -2.18. The summed E-state index contributed by atoms with van der Waals surface area (Å²) in [6, 6.07) is 6.69. The van der Waals surface area contributed by atoms with Gasteiger partial charge in [-0.2, -0.15) is 0 Å². The summed E-state index contributed by atoms with van der Waals surface area (Å²) in [7, 11) is 0. The van der Waals surface area contributed by atoms with Crippen molar-refractivity contribution < 1.29 is 23.1 Å². The molecule has 2 aromatic carbocycles. The molecule has 24 heavy (non-hydrogen) atoms. The van der Waals surface area contributed by atoms with Crippen LogP contribution in [0.1, 0.15) is 17.3 Å². The lowest BCUT2D eigenvalue weighted by Gasteiger charge is -2.14. The van der Waals surface area contributed by atoms with Crippen molar-refractivity contribution in [2.24, 2.45) is 0 Å². The van der Waals surface area contributed by atoms with E-state index in [1.54, 1.807) is 0 Å². The third-order valence-corrected chi connectivity index (χ3v) is 3.37. The number of nitrogens with one attached hydrogen (secondary N) is 1. The van der Waals surface area contributed by atoms with Crippen LogP contribution in [0.5, 0.6) is 0 Å². The first-order valence-corrected chi connectivity index (χ1v) is 7.45. The van der Waals surface area contributed by atoms with E-state index in [0.717, 1.165) is 18.2 Å². The lowest BCUT2D eigenvalue weighted by Crippen LogP contribution is -2.30. The molecule has 2 aromatic rings. The van der Waals surface area contributed by atoms with Gasteiger partial charge in [0.1, 0.15) is 11.6 Å². The maximum absolute atomic E-state index is 13.5. The van der Waals surface area contributed by atoms with Crippen LogP contribution in [0.3, 0.4) is 0 Å². The van der Waals surface area contributed by atoms with Gasteiger partial charge in [-0.15, -0.1) is 0 Å². The zero-order valence-electron chi connectivity index (χ0n) is 12.3. The van der Waals surface area contributed by atoms with E-state index in [4.69, 9.17) is 27.9 Å². The molecule has 0 saturated heterocycles. The fraction of sp³-hybridized carbons (Fsp3) is 0.125. The monoisotopic (exact) mass is 373 g/mol. The molecule has 1 N–H and O–H groups in total. The highest BCUT2D eigenvalue weighted by Crippen LogP contribution is 2.20. The first-order valence-electron chi connectivity index (χ1n) is 6.69. The summed E-state index contributed by atoms with van der Waals surface area (Å²) in [6.07, 6.45) is -1.25.